The highest BCUT2D eigenvalue weighted by atomic mass is 16.6. The normalized spacial score (nSPS) is 11.5. The van der Waals surface area contributed by atoms with Gasteiger partial charge in [-0.3, -0.25) is 14.9 Å². The topological polar surface area (TPSA) is 118 Å². The Bertz CT molecular complexity index is 1120. The van der Waals surface area contributed by atoms with Gasteiger partial charge in [-0.2, -0.15) is 0 Å². The minimum Gasteiger partial charge on any atom is -0.371 e. The minimum absolute atomic E-state index is 0.0216. The molecule has 0 aliphatic carbocycles. The third-order valence-corrected chi connectivity index (χ3v) is 5.60. The molecule has 33 heavy (non-hydrogen) atoms. The van der Waals surface area contributed by atoms with Crippen LogP contribution in [-0.4, -0.2) is 59.8 Å². The third kappa shape index (κ3) is 5.83. The number of amides is 1. The lowest BCUT2D eigenvalue weighted by Crippen LogP contribution is -2.39. The Morgan fingerprint density at radius 3 is 2.36 bits per heavy atom. The highest BCUT2D eigenvalue weighted by molar-refractivity contribution is 5.93. The predicted molar refractivity (Wildman–Crippen MR) is 126 cm³/mol. The van der Waals surface area contributed by atoms with E-state index >= 15 is 0 Å². The predicted octanol–water partition coefficient (Wildman–Crippen LogP) is 3.11. The molecule has 1 amide bonds. The maximum atomic E-state index is 12.5. The second-order valence-corrected chi connectivity index (χ2v) is 9.11. The summed E-state index contributed by atoms with van der Waals surface area (Å²) in [6.07, 6.45) is 0. The molecule has 0 aliphatic rings. The molecule has 0 saturated heterocycles. The average Bonchev–Trinajstić information content (AvgIpc) is 3.26. The van der Waals surface area contributed by atoms with Crippen molar-refractivity contribution in [3.05, 3.63) is 57.6 Å². The number of nitro benzene ring substituents is 1. The number of aromatic nitrogens is 2. The summed E-state index contributed by atoms with van der Waals surface area (Å²) in [6.45, 7) is 8.37. The van der Waals surface area contributed by atoms with Gasteiger partial charge in [0.2, 0.25) is 11.4 Å². The summed E-state index contributed by atoms with van der Waals surface area (Å²) in [4.78, 5) is 26.6. The second-order valence-electron chi connectivity index (χ2n) is 9.11. The fourth-order valence-electron chi connectivity index (χ4n) is 3.41. The number of carbonyl (C=O) groups excluding carboxylic acids is 1. The molecule has 1 heterocycles. The smallest absolute Gasteiger partial charge is 0.300 e. The van der Waals surface area contributed by atoms with Gasteiger partial charge < -0.3 is 15.1 Å². The molecule has 0 fully saturated rings. The van der Waals surface area contributed by atoms with Crippen LogP contribution in [0.25, 0.3) is 11.0 Å². The van der Waals surface area contributed by atoms with E-state index in [1.807, 2.05) is 11.9 Å². The van der Waals surface area contributed by atoms with Crippen molar-refractivity contribution in [1.82, 2.24) is 20.5 Å². The van der Waals surface area contributed by atoms with Gasteiger partial charge >= 0.3 is 5.69 Å². The van der Waals surface area contributed by atoms with Crippen LogP contribution in [0.2, 0.25) is 0 Å². The molecule has 0 unspecified atom stereocenters. The van der Waals surface area contributed by atoms with Crippen LogP contribution in [0.1, 0.15) is 31.9 Å². The first-order valence-corrected chi connectivity index (χ1v) is 10.7. The van der Waals surface area contributed by atoms with E-state index in [0.717, 1.165) is 5.56 Å². The summed E-state index contributed by atoms with van der Waals surface area (Å²) < 4.78 is 4.71. The van der Waals surface area contributed by atoms with Gasteiger partial charge in [0, 0.05) is 39.8 Å². The van der Waals surface area contributed by atoms with Crippen LogP contribution in [0.5, 0.6) is 0 Å². The molecule has 176 valence electrons. The van der Waals surface area contributed by atoms with Crippen molar-refractivity contribution < 1.29 is 14.3 Å². The molecule has 3 rings (SSSR count). The lowest BCUT2D eigenvalue weighted by molar-refractivity contribution is -0.383. The van der Waals surface area contributed by atoms with Crippen molar-refractivity contribution in [3.63, 3.8) is 0 Å². The Morgan fingerprint density at radius 1 is 1.06 bits per heavy atom. The van der Waals surface area contributed by atoms with Crippen molar-refractivity contribution in [3.8, 4) is 0 Å². The molecule has 0 atom stereocenters. The largest absolute Gasteiger partial charge is 0.371 e. The first-order valence-electron chi connectivity index (χ1n) is 10.7. The van der Waals surface area contributed by atoms with Gasteiger partial charge in [0.1, 0.15) is 0 Å². The number of carbonyl (C=O) groups is 1. The van der Waals surface area contributed by atoms with E-state index in [9.17, 15) is 14.9 Å². The molecule has 3 aromatic rings. The van der Waals surface area contributed by atoms with Crippen LogP contribution < -0.4 is 10.2 Å². The molecular weight excluding hydrogens is 424 g/mol. The minimum atomic E-state index is -0.519. The summed E-state index contributed by atoms with van der Waals surface area (Å²) in [7, 11) is 3.58. The Balaban J connectivity index is 1.49. The van der Waals surface area contributed by atoms with Crippen molar-refractivity contribution in [2.24, 2.45) is 0 Å². The highest BCUT2D eigenvalue weighted by Gasteiger charge is 2.21. The van der Waals surface area contributed by atoms with Crippen LogP contribution >= 0.6 is 0 Å². The van der Waals surface area contributed by atoms with Crippen LogP contribution in [0.4, 0.5) is 11.4 Å². The van der Waals surface area contributed by atoms with E-state index in [1.54, 1.807) is 18.0 Å². The van der Waals surface area contributed by atoms with Gasteiger partial charge in [-0.05, 0) is 32.9 Å². The monoisotopic (exact) mass is 454 g/mol. The summed E-state index contributed by atoms with van der Waals surface area (Å²) >= 11 is 0. The maximum Gasteiger partial charge on any atom is 0.300 e. The number of nitrogens with one attached hydrogen (secondary N) is 1. The Kier molecular flexibility index (Phi) is 7.27. The lowest BCUT2D eigenvalue weighted by Gasteiger charge is -2.24. The number of non-ortho nitro benzene ring substituents is 1. The summed E-state index contributed by atoms with van der Waals surface area (Å²) in [5, 5.41) is 21.8. The fourth-order valence-corrected chi connectivity index (χ4v) is 3.41. The second kappa shape index (κ2) is 9.95. The summed E-state index contributed by atoms with van der Waals surface area (Å²) in [5.41, 5.74) is 3.43. The van der Waals surface area contributed by atoms with Gasteiger partial charge in [-0.25, -0.2) is 4.63 Å². The Morgan fingerprint density at radius 2 is 1.73 bits per heavy atom. The van der Waals surface area contributed by atoms with E-state index in [1.165, 1.54) is 11.6 Å². The Hall–Kier alpha value is -3.53. The molecule has 0 spiro atoms. The van der Waals surface area contributed by atoms with Gasteiger partial charge in [-0.15, -0.1) is 0 Å². The zero-order chi connectivity index (χ0) is 24.2. The van der Waals surface area contributed by atoms with E-state index < -0.39 is 4.92 Å². The first-order chi connectivity index (χ1) is 15.6. The molecule has 2 aromatic carbocycles. The van der Waals surface area contributed by atoms with Crippen molar-refractivity contribution in [2.75, 3.05) is 38.6 Å². The van der Waals surface area contributed by atoms with E-state index in [2.05, 4.69) is 60.7 Å². The van der Waals surface area contributed by atoms with Crippen LogP contribution in [0, 0.1) is 10.1 Å². The van der Waals surface area contributed by atoms with Crippen LogP contribution in [0.3, 0.4) is 0 Å². The highest BCUT2D eigenvalue weighted by Crippen LogP contribution is 2.30. The van der Waals surface area contributed by atoms with Gasteiger partial charge in [0.15, 0.2) is 5.52 Å². The first kappa shape index (κ1) is 24.1. The molecule has 10 heteroatoms. The average molecular weight is 455 g/mol. The summed E-state index contributed by atoms with van der Waals surface area (Å²) in [6, 6.07) is 11.4. The number of anilines is 1. The number of rotatable bonds is 9. The quantitative estimate of drug-likeness (QED) is 0.387. The number of nitro groups is 1. The molecule has 0 saturated carbocycles. The molecule has 0 bridgehead atoms. The molecule has 1 aromatic heterocycles. The number of likely N-dealkylation sites (N-methyl/N-ethyl adjacent to an activating group) is 2. The molecule has 1 N–H and O–H groups in total. The number of hydrogen-bond acceptors (Lipinski definition) is 8. The molecule has 0 radical (unpaired) electrons. The van der Waals surface area contributed by atoms with E-state index in [-0.39, 0.29) is 29.1 Å². The van der Waals surface area contributed by atoms with Gasteiger partial charge in [0.05, 0.1) is 17.2 Å². The van der Waals surface area contributed by atoms with Crippen molar-refractivity contribution in [1.29, 1.82) is 0 Å². The van der Waals surface area contributed by atoms with Crippen molar-refractivity contribution >= 4 is 28.3 Å². The van der Waals surface area contributed by atoms with Crippen LogP contribution in [-0.2, 0) is 16.8 Å². The van der Waals surface area contributed by atoms with Crippen LogP contribution in [0.15, 0.2) is 41.0 Å². The standard InChI is InChI=1S/C23H30N6O4/c1-23(2,3)17-8-6-16(7-9-17)14-24-15-20(30)28(5)13-12-27(4)18-10-11-19(29(31)32)22-21(18)25-33-26-22/h6-11,24H,12-15H2,1-5H3. The SMILES string of the molecule is CN(CCN(C)c1ccc([N+](=O)[O-])c2nonc12)C(=O)CNCc1ccc(C(C)(C)C)cc1. The zero-order valence-electron chi connectivity index (χ0n) is 19.7. The Labute approximate surface area is 192 Å². The van der Waals surface area contributed by atoms with Crippen molar-refractivity contribution in [2.45, 2.75) is 32.7 Å². The number of benzene rings is 2. The molecular formula is C23H30N6O4. The number of nitrogens with zero attached hydrogens (tertiary/aromatic N) is 5. The summed E-state index contributed by atoms with van der Waals surface area (Å²) in [5.74, 6) is -0.0216. The number of fused-ring (bicyclic) bond motifs is 1. The van der Waals surface area contributed by atoms with E-state index in [4.69, 9.17) is 4.63 Å². The lowest BCUT2D eigenvalue weighted by atomic mass is 9.87. The number of hydrogen-bond donors (Lipinski definition) is 1. The zero-order valence-corrected chi connectivity index (χ0v) is 19.7. The van der Waals surface area contributed by atoms with Gasteiger partial charge in [-0.1, -0.05) is 45.0 Å². The fraction of sp³-hybridized carbons (Fsp3) is 0.435. The third-order valence-electron chi connectivity index (χ3n) is 5.60. The maximum absolute atomic E-state index is 12.5. The van der Waals surface area contributed by atoms with E-state index in [0.29, 0.717) is 30.8 Å². The molecule has 0 aliphatic heterocycles. The van der Waals surface area contributed by atoms with Gasteiger partial charge in [0.25, 0.3) is 0 Å². The molecule has 10 nitrogen and oxygen atoms in total.